The van der Waals surface area contributed by atoms with Gasteiger partial charge in [0.15, 0.2) is 6.10 Å². The second kappa shape index (κ2) is 4.30. The van der Waals surface area contributed by atoms with Gasteiger partial charge in [-0.25, -0.2) is 0 Å². The lowest BCUT2D eigenvalue weighted by molar-refractivity contribution is -0.209. The maximum atomic E-state index is 11.6. The number of carbonyl (C=O) groups excluding carboxylic acids is 1. The average Bonchev–Trinajstić information content (AvgIpc) is 1.85. The van der Waals surface area contributed by atoms with Gasteiger partial charge in [0.25, 0.3) is 0 Å². The summed E-state index contributed by atoms with van der Waals surface area (Å²) in [6.45, 7) is 1.47. The second-order valence-electron chi connectivity index (χ2n) is 2.07. The highest BCUT2D eigenvalue weighted by molar-refractivity contribution is 5.69. The van der Waals surface area contributed by atoms with Crippen LogP contribution >= 0.6 is 0 Å². The van der Waals surface area contributed by atoms with E-state index in [2.05, 4.69) is 4.74 Å². The van der Waals surface area contributed by atoms with Crippen LogP contribution in [0.15, 0.2) is 0 Å². The molecule has 0 aliphatic heterocycles. The van der Waals surface area contributed by atoms with E-state index in [0.717, 1.165) is 0 Å². The number of alkyl halides is 3. The fourth-order valence-corrected chi connectivity index (χ4v) is 0.494. The number of hydrogen-bond donors (Lipinski definition) is 1. The molecule has 0 spiro atoms. The van der Waals surface area contributed by atoms with Crippen molar-refractivity contribution in [3.05, 3.63) is 0 Å². The maximum absolute atomic E-state index is 11.6. The summed E-state index contributed by atoms with van der Waals surface area (Å²) in [4.78, 5) is 10.4. The number of rotatable bonds is 3. The highest BCUT2D eigenvalue weighted by atomic mass is 19.4. The number of carbonyl (C=O) groups is 1. The second-order valence-corrected chi connectivity index (χ2v) is 2.07. The third-order valence-electron chi connectivity index (χ3n) is 1.04. The summed E-state index contributed by atoms with van der Waals surface area (Å²) in [5, 5.41) is 8.36. The van der Waals surface area contributed by atoms with Gasteiger partial charge in [0, 0.05) is 0 Å². The van der Waals surface area contributed by atoms with Crippen LogP contribution in [0.5, 0.6) is 0 Å². The molecule has 0 aliphatic rings. The molecule has 3 nitrogen and oxygen atoms in total. The Labute approximate surface area is 67.1 Å². The Morgan fingerprint density at radius 2 is 2.08 bits per heavy atom. The standard InChI is InChI=1S/C6H9F3O3/c1-2-12-5(11)3-4(10)6(7,8)9/h4,10H,2-3H2,1H3/t4-/m1/s1. The number of hydrogen-bond acceptors (Lipinski definition) is 3. The van der Waals surface area contributed by atoms with E-state index in [-0.39, 0.29) is 6.61 Å². The number of aliphatic hydroxyl groups excluding tert-OH is 1. The minimum absolute atomic E-state index is 0.00338. The van der Waals surface area contributed by atoms with Gasteiger partial charge in [-0.3, -0.25) is 4.79 Å². The SMILES string of the molecule is CCOC(=O)C[C@@H](O)C(F)(F)F. The normalized spacial score (nSPS) is 14.1. The summed E-state index contributed by atoms with van der Waals surface area (Å²) in [6, 6.07) is 0. The predicted octanol–water partition coefficient (Wildman–Crippen LogP) is 0.863. The van der Waals surface area contributed by atoms with Gasteiger partial charge in [-0.1, -0.05) is 0 Å². The molecule has 0 heterocycles. The fraction of sp³-hybridized carbons (Fsp3) is 0.833. The van der Waals surface area contributed by atoms with Crippen molar-refractivity contribution in [3.63, 3.8) is 0 Å². The molecule has 0 unspecified atom stereocenters. The van der Waals surface area contributed by atoms with Crippen molar-refractivity contribution < 1.29 is 27.8 Å². The Bertz CT molecular complexity index is 155. The summed E-state index contributed by atoms with van der Waals surface area (Å²) in [7, 11) is 0. The van der Waals surface area contributed by atoms with Crippen molar-refractivity contribution in [2.75, 3.05) is 6.61 Å². The van der Waals surface area contributed by atoms with Crippen LogP contribution in [-0.4, -0.2) is 30.0 Å². The molecule has 1 N–H and O–H groups in total. The van der Waals surface area contributed by atoms with Gasteiger partial charge in [-0.2, -0.15) is 13.2 Å². The highest BCUT2D eigenvalue weighted by Gasteiger charge is 2.39. The first-order valence-corrected chi connectivity index (χ1v) is 3.28. The van der Waals surface area contributed by atoms with Gasteiger partial charge in [-0.05, 0) is 6.92 Å². The van der Waals surface area contributed by atoms with E-state index in [1.807, 2.05) is 0 Å². The lowest BCUT2D eigenvalue weighted by Crippen LogP contribution is -2.31. The topological polar surface area (TPSA) is 46.5 Å². The van der Waals surface area contributed by atoms with E-state index < -0.39 is 24.7 Å². The van der Waals surface area contributed by atoms with Crippen LogP contribution in [0.25, 0.3) is 0 Å². The summed E-state index contributed by atoms with van der Waals surface area (Å²) in [6.07, 6.45) is -8.43. The lowest BCUT2D eigenvalue weighted by Gasteiger charge is -2.12. The number of ether oxygens (including phenoxy) is 1. The molecule has 0 bridgehead atoms. The van der Waals surface area contributed by atoms with Crippen LogP contribution < -0.4 is 0 Å². The van der Waals surface area contributed by atoms with E-state index in [9.17, 15) is 18.0 Å². The van der Waals surface area contributed by atoms with Crippen LogP contribution in [0.2, 0.25) is 0 Å². The van der Waals surface area contributed by atoms with Crippen molar-refractivity contribution in [1.29, 1.82) is 0 Å². The van der Waals surface area contributed by atoms with Crippen molar-refractivity contribution in [2.24, 2.45) is 0 Å². The largest absolute Gasteiger partial charge is 0.466 e. The molecule has 0 aromatic carbocycles. The highest BCUT2D eigenvalue weighted by Crippen LogP contribution is 2.22. The Morgan fingerprint density at radius 1 is 1.58 bits per heavy atom. The minimum Gasteiger partial charge on any atom is -0.466 e. The zero-order valence-electron chi connectivity index (χ0n) is 6.39. The van der Waals surface area contributed by atoms with E-state index in [0.29, 0.717) is 0 Å². The first-order chi connectivity index (χ1) is 5.38. The molecule has 1 atom stereocenters. The Hall–Kier alpha value is -0.780. The Kier molecular flexibility index (Phi) is 4.02. The van der Waals surface area contributed by atoms with Crippen LogP contribution in [0.3, 0.4) is 0 Å². The quantitative estimate of drug-likeness (QED) is 0.665. The molecule has 0 fully saturated rings. The van der Waals surface area contributed by atoms with Crippen LogP contribution in [0, 0.1) is 0 Å². The molecule has 0 saturated heterocycles. The van der Waals surface area contributed by atoms with Gasteiger partial charge < -0.3 is 9.84 Å². The van der Waals surface area contributed by atoms with Crippen LogP contribution in [-0.2, 0) is 9.53 Å². The number of esters is 1. The van der Waals surface area contributed by atoms with Crippen molar-refractivity contribution in [2.45, 2.75) is 25.6 Å². The van der Waals surface area contributed by atoms with Gasteiger partial charge in [-0.15, -0.1) is 0 Å². The van der Waals surface area contributed by atoms with Crippen molar-refractivity contribution in [1.82, 2.24) is 0 Å². The molecular formula is C6H9F3O3. The van der Waals surface area contributed by atoms with Crippen molar-refractivity contribution >= 4 is 5.97 Å². The first-order valence-electron chi connectivity index (χ1n) is 3.28. The lowest BCUT2D eigenvalue weighted by atomic mass is 10.2. The molecule has 6 heteroatoms. The Morgan fingerprint density at radius 3 is 2.42 bits per heavy atom. The molecule has 0 aromatic rings. The average molecular weight is 186 g/mol. The van der Waals surface area contributed by atoms with Gasteiger partial charge in [0.1, 0.15) is 0 Å². The fourth-order valence-electron chi connectivity index (χ4n) is 0.494. The summed E-state index contributed by atoms with van der Waals surface area (Å²) < 4.78 is 39.0. The molecule has 12 heavy (non-hydrogen) atoms. The number of aliphatic hydroxyl groups is 1. The smallest absolute Gasteiger partial charge is 0.414 e. The van der Waals surface area contributed by atoms with Crippen molar-refractivity contribution in [3.8, 4) is 0 Å². The molecule has 0 radical (unpaired) electrons. The molecule has 0 rings (SSSR count). The molecule has 72 valence electrons. The number of halogens is 3. The molecule has 0 saturated carbocycles. The third-order valence-corrected chi connectivity index (χ3v) is 1.04. The van der Waals surface area contributed by atoms with E-state index >= 15 is 0 Å². The first kappa shape index (κ1) is 11.2. The molecule has 0 aromatic heterocycles. The molecule has 0 amide bonds. The summed E-state index contributed by atoms with van der Waals surface area (Å²) >= 11 is 0. The minimum atomic E-state index is -4.76. The summed E-state index contributed by atoms with van der Waals surface area (Å²) in [5.74, 6) is -1.05. The summed E-state index contributed by atoms with van der Waals surface area (Å²) in [5.41, 5.74) is 0. The van der Waals surface area contributed by atoms with E-state index in [1.165, 1.54) is 6.92 Å². The third kappa shape index (κ3) is 4.17. The predicted molar refractivity (Wildman–Crippen MR) is 33.3 cm³/mol. The Balaban J connectivity index is 3.84. The van der Waals surface area contributed by atoms with E-state index in [4.69, 9.17) is 5.11 Å². The molecular weight excluding hydrogens is 177 g/mol. The monoisotopic (exact) mass is 186 g/mol. The van der Waals surface area contributed by atoms with Crippen LogP contribution in [0.1, 0.15) is 13.3 Å². The maximum Gasteiger partial charge on any atom is 0.414 e. The zero-order chi connectivity index (χ0) is 9.78. The van der Waals surface area contributed by atoms with Gasteiger partial charge in [0.05, 0.1) is 13.0 Å². The van der Waals surface area contributed by atoms with Gasteiger partial charge >= 0.3 is 12.1 Å². The van der Waals surface area contributed by atoms with Crippen LogP contribution in [0.4, 0.5) is 13.2 Å². The van der Waals surface area contributed by atoms with Gasteiger partial charge in [0.2, 0.25) is 0 Å². The zero-order valence-corrected chi connectivity index (χ0v) is 6.39. The van der Waals surface area contributed by atoms with E-state index in [1.54, 1.807) is 0 Å². The molecule has 0 aliphatic carbocycles.